The smallest absolute Gasteiger partial charge is 0.0406 e. The molecule has 1 aromatic carbocycles. The Hall–Kier alpha value is -0.530. The van der Waals surface area contributed by atoms with E-state index in [1.807, 2.05) is 12.1 Å². The number of rotatable bonds is 4. The van der Waals surface area contributed by atoms with Crippen LogP contribution in [0.2, 0.25) is 5.02 Å². The van der Waals surface area contributed by atoms with Crippen LogP contribution in [0.3, 0.4) is 0 Å². The summed E-state index contributed by atoms with van der Waals surface area (Å²) in [6.07, 6.45) is 7.69. The predicted octanol–water partition coefficient (Wildman–Crippen LogP) is 4.43. The molecule has 18 heavy (non-hydrogen) atoms. The summed E-state index contributed by atoms with van der Waals surface area (Å²) in [5, 5.41) is 0.815. The maximum Gasteiger partial charge on any atom is 0.0406 e. The van der Waals surface area contributed by atoms with Crippen molar-refractivity contribution in [1.29, 1.82) is 0 Å². The van der Waals surface area contributed by atoms with Crippen LogP contribution in [0.4, 0.5) is 0 Å². The molecule has 1 saturated carbocycles. The van der Waals surface area contributed by atoms with Crippen LogP contribution < -0.4 is 5.73 Å². The first-order chi connectivity index (χ1) is 8.67. The van der Waals surface area contributed by atoms with Crippen LogP contribution in [0.15, 0.2) is 24.3 Å². The molecule has 2 N–H and O–H groups in total. The lowest BCUT2D eigenvalue weighted by atomic mass is 9.67. The van der Waals surface area contributed by atoms with E-state index in [2.05, 4.69) is 19.1 Å². The number of hydrogen-bond donors (Lipinski definition) is 1. The normalized spacial score (nSPS) is 28.3. The lowest BCUT2D eigenvalue weighted by Crippen LogP contribution is -2.36. The van der Waals surface area contributed by atoms with Gasteiger partial charge in [-0.2, -0.15) is 0 Å². The van der Waals surface area contributed by atoms with Crippen LogP contribution in [0, 0.1) is 11.3 Å². The average Bonchev–Trinajstić information content (AvgIpc) is 2.42. The molecule has 0 amide bonds. The van der Waals surface area contributed by atoms with Gasteiger partial charge in [0.05, 0.1) is 0 Å². The molecule has 0 aromatic heterocycles. The molecule has 2 heteroatoms. The van der Waals surface area contributed by atoms with Crippen molar-refractivity contribution in [2.75, 3.05) is 6.54 Å². The predicted molar refractivity (Wildman–Crippen MR) is 78.9 cm³/mol. The van der Waals surface area contributed by atoms with E-state index in [1.165, 1.54) is 37.7 Å². The van der Waals surface area contributed by atoms with Gasteiger partial charge in [-0.25, -0.2) is 0 Å². The first-order valence-corrected chi connectivity index (χ1v) is 7.50. The zero-order valence-electron chi connectivity index (χ0n) is 11.3. The van der Waals surface area contributed by atoms with E-state index < -0.39 is 0 Å². The van der Waals surface area contributed by atoms with Crippen LogP contribution in [-0.2, 0) is 6.42 Å². The monoisotopic (exact) mass is 265 g/mol. The summed E-state index contributed by atoms with van der Waals surface area (Å²) < 4.78 is 0. The number of benzene rings is 1. The highest BCUT2D eigenvalue weighted by atomic mass is 35.5. The number of nitrogens with two attached hydrogens (primary N) is 1. The minimum Gasteiger partial charge on any atom is -0.330 e. The SMILES string of the molecule is CCC1CCC(CN)(Cc2ccc(Cl)cc2)CC1. The van der Waals surface area contributed by atoms with E-state index in [9.17, 15) is 0 Å². The fourth-order valence-electron chi connectivity index (χ4n) is 3.19. The Morgan fingerprint density at radius 2 is 1.83 bits per heavy atom. The molecule has 2 rings (SSSR count). The second-order valence-corrected chi connectivity index (χ2v) is 6.30. The molecule has 1 aliphatic carbocycles. The minimum absolute atomic E-state index is 0.333. The van der Waals surface area contributed by atoms with Crippen LogP contribution in [0.1, 0.15) is 44.6 Å². The number of hydrogen-bond acceptors (Lipinski definition) is 1. The molecule has 0 atom stereocenters. The van der Waals surface area contributed by atoms with Gasteiger partial charge in [0.2, 0.25) is 0 Å². The summed E-state index contributed by atoms with van der Waals surface area (Å²) in [5.41, 5.74) is 7.78. The number of halogens is 1. The molecular weight excluding hydrogens is 242 g/mol. The molecule has 0 spiro atoms. The van der Waals surface area contributed by atoms with Crippen molar-refractivity contribution < 1.29 is 0 Å². The van der Waals surface area contributed by atoms with Crippen molar-refractivity contribution in [1.82, 2.24) is 0 Å². The molecule has 1 aliphatic rings. The van der Waals surface area contributed by atoms with Gasteiger partial charge in [-0.1, -0.05) is 37.1 Å². The minimum atomic E-state index is 0.333. The molecule has 0 radical (unpaired) electrons. The molecule has 1 aromatic rings. The quantitative estimate of drug-likeness (QED) is 0.856. The van der Waals surface area contributed by atoms with E-state index in [4.69, 9.17) is 17.3 Å². The van der Waals surface area contributed by atoms with Crippen molar-refractivity contribution in [2.24, 2.45) is 17.1 Å². The Balaban J connectivity index is 2.03. The summed E-state index contributed by atoms with van der Waals surface area (Å²) in [7, 11) is 0. The zero-order valence-corrected chi connectivity index (χ0v) is 12.0. The maximum absolute atomic E-state index is 6.08. The molecule has 1 fully saturated rings. The van der Waals surface area contributed by atoms with Gasteiger partial charge in [-0.15, -0.1) is 0 Å². The van der Waals surface area contributed by atoms with E-state index >= 15 is 0 Å². The fourth-order valence-corrected chi connectivity index (χ4v) is 3.31. The fraction of sp³-hybridized carbons (Fsp3) is 0.625. The molecule has 0 aliphatic heterocycles. The Morgan fingerprint density at radius 3 is 2.33 bits per heavy atom. The lowest BCUT2D eigenvalue weighted by molar-refractivity contribution is 0.153. The largest absolute Gasteiger partial charge is 0.330 e. The Kier molecular flexibility index (Phi) is 4.69. The summed E-state index contributed by atoms with van der Waals surface area (Å²) in [6, 6.07) is 8.26. The maximum atomic E-state index is 6.08. The lowest BCUT2D eigenvalue weighted by Gasteiger charge is -2.39. The van der Waals surface area contributed by atoms with Crippen LogP contribution in [0.5, 0.6) is 0 Å². The van der Waals surface area contributed by atoms with Gasteiger partial charge in [0.1, 0.15) is 0 Å². The second-order valence-electron chi connectivity index (χ2n) is 5.86. The highest BCUT2D eigenvalue weighted by Crippen LogP contribution is 2.41. The van der Waals surface area contributed by atoms with Gasteiger partial charge in [-0.05, 0) is 67.7 Å². The topological polar surface area (TPSA) is 26.0 Å². The highest BCUT2D eigenvalue weighted by Gasteiger charge is 2.33. The second kappa shape index (κ2) is 6.08. The first-order valence-electron chi connectivity index (χ1n) is 7.12. The first kappa shape index (κ1) is 13.9. The Morgan fingerprint density at radius 1 is 1.22 bits per heavy atom. The van der Waals surface area contributed by atoms with E-state index in [0.29, 0.717) is 5.41 Å². The molecular formula is C16H24ClN. The van der Waals surface area contributed by atoms with Crippen molar-refractivity contribution in [3.8, 4) is 0 Å². The van der Waals surface area contributed by atoms with Crippen molar-refractivity contribution in [3.63, 3.8) is 0 Å². The van der Waals surface area contributed by atoms with Gasteiger partial charge in [0.15, 0.2) is 0 Å². The van der Waals surface area contributed by atoms with Crippen LogP contribution in [0.25, 0.3) is 0 Å². The van der Waals surface area contributed by atoms with Crippen molar-refractivity contribution >= 4 is 11.6 Å². The molecule has 100 valence electrons. The molecule has 0 heterocycles. The van der Waals surface area contributed by atoms with Crippen LogP contribution in [-0.4, -0.2) is 6.54 Å². The van der Waals surface area contributed by atoms with Gasteiger partial charge in [0, 0.05) is 5.02 Å². The third-order valence-electron chi connectivity index (χ3n) is 4.67. The third-order valence-corrected chi connectivity index (χ3v) is 4.92. The zero-order chi connectivity index (χ0) is 13.0. The average molecular weight is 266 g/mol. The van der Waals surface area contributed by atoms with E-state index in [1.54, 1.807) is 0 Å². The summed E-state index contributed by atoms with van der Waals surface area (Å²) in [6.45, 7) is 3.12. The van der Waals surface area contributed by atoms with Gasteiger partial charge < -0.3 is 5.73 Å². The Labute approximate surface area is 116 Å². The summed E-state index contributed by atoms with van der Waals surface area (Å²) >= 11 is 5.94. The standard InChI is InChI=1S/C16H24ClN/c1-2-13-7-9-16(12-18,10-8-13)11-14-3-5-15(17)6-4-14/h3-6,13H,2,7-12,18H2,1H3. The van der Waals surface area contributed by atoms with E-state index in [0.717, 1.165) is 23.9 Å². The van der Waals surface area contributed by atoms with Crippen molar-refractivity contribution in [2.45, 2.75) is 45.4 Å². The summed E-state index contributed by atoms with van der Waals surface area (Å²) in [4.78, 5) is 0. The molecule has 0 bridgehead atoms. The van der Waals surface area contributed by atoms with E-state index in [-0.39, 0.29) is 0 Å². The van der Waals surface area contributed by atoms with Gasteiger partial charge >= 0.3 is 0 Å². The molecule has 1 nitrogen and oxygen atoms in total. The molecule has 0 saturated heterocycles. The van der Waals surface area contributed by atoms with Crippen LogP contribution >= 0.6 is 11.6 Å². The van der Waals surface area contributed by atoms with Gasteiger partial charge in [0.25, 0.3) is 0 Å². The van der Waals surface area contributed by atoms with Crippen molar-refractivity contribution in [3.05, 3.63) is 34.9 Å². The van der Waals surface area contributed by atoms with Gasteiger partial charge in [-0.3, -0.25) is 0 Å². The Bertz CT molecular complexity index is 363. The molecule has 0 unspecified atom stereocenters. The summed E-state index contributed by atoms with van der Waals surface area (Å²) in [5.74, 6) is 0.926. The third kappa shape index (κ3) is 3.27. The highest BCUT2D eigenvalue weighted by molar-refractivity contribution is 6.30.